The number of hydrogen-bond acceptors (Lipinski definition) is 4. The van der Waals surface area contributed by atoms with Crippen LogP contribution >= 0.6 is 0 Å². The average molecular weight is 314 g/mol. The maximum absolute atomic E-state index is 12.4. The second-order valence-electron chi connectivity index (χ2n) is 5.75. The molecule has 1 aliphatic rings. The van der Waals surface area contributed by atoms with E-state index in [1.165, 1.54) is 0 Å². The van der Waals surface area contributed by atoms with Gasteiger partial charge in [-0.3, -0.25) is 9.48 Å². The van der Waals surface area contributed by atoms with Crippen LogP contribution in [0.25, 0.3) is 0 Å². The molecule has 23 heavy (non-hydrogen) atoms. The number of anilines is 2. The Morgan fingerprint density at radius 2 is 2.00 bits per heavy atom. The topological polar surface area (TPSA) is 59.4 Å². The second-order valence-corrected chi connectivity index (χ2v) is 5.75. The first-order valence-electron chi connectivity index (χ1n) is 7.86. The van der Waals surface area contributed by atoms with Gasteiger partial charge in [0.1, 0.15) is 6.54 Å². The number of nitrogens with one attached hydrogen (secondary N) is 1. The molecule has 0 unspecified atom stereocenters. The maximum atomic E-state index is 12.4. The van der Waals surface area contributed by atoms with Crippen LogP contribution in [0.4, 0.5) is 11.4 Å². The number of nitrogens with zero attached hydrogens (tertiary/aromatic N) is 3. The van der Waals surface area contributed by atoms with Crippen molar-refractivity contribution in [2.24, 2.45) is 0 Å². The van der Waals surface area contributed by atoms with Crippen molar-refractivity contribution in [1.29, 1.82) is 0 Å². The van der Waals surface area contributed by atoms with Gasteiger partial charge in [0, 0.05) is 18.8 Å². The lowest BCUT2D eigenvalue weighted by Gasteiger charge is -2.30. The molecule has 2 aromatic rings. The zero-order valence-corrected chi connectivity index (χ0v) is 13.6. The van der Waals surface area contributed by atoms with Crippen LogP contribution < -0.4 is 10.2 Å². The molecule has 6 heteroatoms. The number of rotatable bonds is 4. The molecule has 0 radical (unpaired) electrons. The first-order chi connectivity index (χ1) is 11.1. The lowest BCUT2D eigenvalue weighted by atomic mass is 10.2. The number of ether oxygens (including phenoxy) is 1. The van der Waals surface area contributed by atoms with Crippen molar-refractivity contribution in [2.75, 3.05) is 36.5 Å². The van der Waals surface area contributed by atoms with E-state index >= 15 is 0 Å². The zero-order chi connectivity index (χ0) is 16.2. The van der Waals surface area contributed by atoms with Crippen LogP contribution in [-0.4, -0.2) is 42.0 Å². The summed E-state index contributed by atoms with van der Waals surface area (Å²) in [5, 5.41) is 7.34. The number of morpholine rings is 1. The molecule has 6 nitrogen and oxygen atoms in total. The number of carbonyl (C=O) groups is 1. The predicted octanol–water partition coefficient (Wildman–Crippen LogP) is 1.98. The van der Waals surface area contributed by atoms with Crippen molar-refractivity contribution < 1.29 is 9.53 Å². The van der Waals surface area contributed by atoms with E-state index < -0.39 is 0 Å². The van der Waals surface area contributed by atoms with E-state index in [4.69, 9.17) is 4.74 Å². The summed E-state index contributed by atoms with van der Waals surface area (Å²) in [5.41, 5.74) is 3.78. The normalized spacial score (nSPS) is 14.8. The molecule has 0 saturated carbocycles. The highest BCUT2D eigenvalue weighted by Crippen LogP contribution is 2.26. The van der Waals surface area contributed by atoms with Gasteiger partial charge in [0.05, 0.1) is 30.3 Å². The number of aromatic nitrogens is 2. The van der Waals surface area contributed by atoms with E-state index in [0.717, 1.165) is 35.9 Å². The van der Waals surface area contributed by atoms with Crippen molar-refractivity contribution >= 4 is 17.3 Å². The second kappa shape index (κ2) is 6.83. The average Bonchev–Trinajstić information content (AvgIpc) is 2.86. The molecule has 1 saturated heterocycles. The summed E-state index contributed by atoms with van der Waals surface area (Å²) in [7, 11) is 0. The van der Waals surface area contributed by atoms with Crippen LogP contribution in [0.2, 0.25) is 0 Å². The predicted molar refractivity (Wildman–Crippen MR) is 89.8 cm³/mol. The van der Waals surface area contributed by atoms with Gasteiger partial charge < -0.3 is 15.0 Å². The number of para-hydroxylation sites is 2. The number of aryl methyl sites for hydroxylation is 2. The molecule has 0 aliphatic carbocycles. The molecule has 1 aromatic heterocycles. The van der Waals surface area contributed by atoms with E-state index in [2.05, 4.69) is 15.3 Å². The molecule has 2 heterocycles. The highest BCUT2D eigenvalue weighted by Gasteiger charge is 2.16. The van der Waals surface area contributed by atoms with Crippen LogP contribution in [0.3, 0.4) is 0 Å². The maximum Gasteiger partial charge on any atom is 0.246 e. The van der Waals surface area contributed by atoms with Crippen LogP contribution in [0, 0.1) is 13.8 Å². The van der Waals surface area contributed by atoms with Crippen molar-refractivity contribution in [3.63, 3.8) is 0 Å². The molecule has 0 spiro atoms. The van der Waals surface area contributed by atoms with Gasteiger partial charge in [-0.25, -0.2) is 0 Å². The van der Waals surface area contributed by atoms with Gasteiger partial charge >= 0.3 is 0 Å². The Morgan fingerprint density at radius 1 is 1.26 bits per heavy atom. The summed E-state index contributed by atoms with van der Waals surface area (Å²) < 4.78 is 7.12. The Labute approximate surface area is 136 Å². The molecule has 1 fully saturated rings. The standard InChI is InChI=1S/C17H22N4O2/c1-13-11-14(2)21(19-13)12-17(22)18-15-5-3-4-6-16(15)20-7-9-23-10-8-20/h3-6,11H,7-10,12H2,1-2H3,(H,18,22). The molecule has 1 aromatic carbocycles. The molecule has 0 bridgehead atoms. The smallest absolute Gasteiger partial charge is 0.246 e. The SMILES string of the molecule is Cc1cc(C)n(CC(=O)Nc2ccccc2N2CCOCC2)n1. The monoisotopic (exact) mass is 314 g/mol. The van der Waals surface area contributed by atoms with E-state index in [1.807, 2.05) is 44.2 Å². The minimum Gasteiger partial charge on any atom is -0.378 e. The van der Waals surface area contributed by atoms with Gasteiger partial charge in [-0.15, -0.1) is 0 Å². The van der Waals surface area contributed by atoms with Crippen molar-refractivity contribution in [2.45, 2.75) is 20.4 Å². The van der Waals surface area contributed by atoms with Gasteiger partial charge in [-0.05, 0) is 32.0 Å². The first kappa shape index (κ1) is 15.6. The van der Waals surface area contributed by atoms with E-state index in [9.17, 15) is 4.79 Å². The minimum atomic E-state index is -0.0723. The number of amides is 1. The van der Waals surface area contributed by atoms with Gasteiger partial charge in [0.15, 0.2) is 0 Å². The minimum absolute atomic E-state index is 0.0723. The van der Waals surface area contributed by atoms with E-state index in [0.29, 0.717) is 13.2 Å². The molecular weight excluding hydrogens is 292 g/mol. The summed E-state index contributed by atoms with van der Waals surface area (Å²) in [4.78, 5) is 14.6. The van der Waals surface area contributed by atoms with Crippen molar-refractivity contribution in [1.82, 2.24) is 9.78 Å². The Kier molecular flexibility index (Phi) is 4.62. The van der Waals surface area contributed by atoms with Gasteiger partial charge in [-0.1, -0.05) is 12.1 Å². The molecule has 1 amide bonds. The fraction of sp³-hybridized carbons (Fsp3) is 0.412. The summed E-state index contributed by atoms with van der Waals surface area (Å²) in [6.45, 7) is 7.21. The molecule has 122 valence electrons. The summed E-state index contributed by atoms with van der Waals surface area (Å²) >= 11 is 0. The quantitative estimate of drug-likeness (QED) is 0.937. The largest absolute Gasteiger partial charge is 0.378 e. The summed E-state index contributed by atoms with van der Waals surface area (Å²) in [5.74, 6) is -0.0723. The van der Waals surface area contributed by atoms with Gasteiger partial charge in [0.25, 0.3) is 0 Å². The Morgan fingerprint density at radius 3 is 2.70 bits per heavy atom. The molecular formula is C17H22N4O2. The third-order valence-electron chi connectivity index (χ3n) is 3.93. The molecule has 0 atom stereocenters. The summed E-state index contributed by atoms with van der Waals surface area (Å²) in [6.07, 6.45) is 0. The fourth-order valence-electron chi connectivity index (χ4n) is 2.82. The Hall–Kier alpha value is -2.34. The fourth-order valence-corrected chi connectivity index (χ4v) is 2.82. The lowest BCUT2D eigenvalue weighted by Crippen LogP contribution is -2.36. The van der Waals surface area contributed by atoms with Gasteiger partial charge in [0.2, 0.25) is 5.91 Å². The van der Waals surface area contributed by atoms with Gasteiger partial charge in [-0.2, -0.15) is 5.10 Å². The van der Waals surface area contributed by atoms with Crippen LogP contribution in [0.5, 0.6) is 0 Å². The first-order valence-corrected chi connectivity index (χ1v) is 7.86. The highest BCUT2D eigenvalue weighted by atomic mass is 16.5. The van der Waals surface area contributed by atoms with Crippen LogP contribution in [0.15, 0.2) is 30.3 Å². The van der Waals surface area contributed by atoms with Crippen molar-refractivity contribution in [3.8, 4) is 0 Å². The molecule has 1 aliphatic heterocycles. The summed E-state index contributed by atoms with van der Waals surface area (Å²) in [6, 6.07) is 9.85. The number of hydrogen-bond donors (Lipinski definition) is 1. The number of carbonyl (C=O) groups excluding carboxylic acids is 1. The third-order valence-corrected chi connectivity index (χ3v) is 3.93. The zero-order valence-electron chi connectivity index (χ0n) is 13.6. The molecule has 1 N–H and O–H groups in total. The highest BCUT2D eigenvalue weighted by molar-refractivity contribution is 5.94. The van der Waals surface area contributed by atoms with Crippen LogP contribution in [0.1, 0.15) is 11.4 Å². The van der Waals surface area contributed by atoms with Crippen LogP contribution in [-0.2, 0) is 16.1 Å². The van der Waals surface area contributed by atoms with Crippen molar-refractivity contribution in [3.05, 3.63) is 41.7 Å². The van der Waals surface area contributed by atoms with E-state index in [-0.39, 0.29) is 12.5 Å². The molecule has 3 rings (SSSR count). The number of benzene rings is 1. The third kappa shape index (κ3) is 3.71. The lowest BCUT2D eigenvalue weighted by molar-refractivity contribution is -0.116. The Balaban J connectivity index is 1.72. The van der Waals surface area contributed by atoms with E-state index in [1.54, 1.807) is 4.68 Å². The Bertz CT molecular complexity index is 690.